The molecule has 0 aromatic carbocycles. The van der Waals surface area contributed by atoms with E-state index in [1.165, 1.54) is 30.7 Å². The molecule has 16 heavy (non-hydrogen) atoms. The van der Waals surface area contributed by atoms with E-state index >= 15 is 0 Å². The Morgan fingerprint density at radius 2 is 0.750 bits per heavy atom. The average molecular weight is 257 g/mol. The maximum Gasteiger partial charge on any atom is 0.0757 e. The Labute approximate surface area is 109 Å². The van der Waals surface area contributed by atoms with Gasteiger partial charge in [0.1, 0.15) is 0 Å². The van der Waals surface area contributed by atoms with E-state index in [9.17, 15) is 0 Å². The van der Waals surface area contributed by atoms with Crippen molar-refractivity contribution in [2.75, 3.05) is 54.4 Å². The molecule has 0 aliphatic heterocycles. The van der Waals surface area contributed by atoms with Gasteiger partial charge < -0.3 is 26.8 Å². The topological polar surface area (TPSA) is 30.0 Å². The van der Waals surface area contributed by atoms with E-state index < -0.39 is 0 Å². The number of hydrogen-bond donors (Lipinski definition) is 0. The zero-order valence-electron chi connectivity index (χ0n) is 12.5. The number of hydrogen-bond acceptors (Lipinski definition) is 1. The zero-order chi connectivity index (χ0) is 11.8. The molecule has 0 heterocycles. The minimum atomic E-state index is 0. The van der Waals surface area contributed by atoms with Crippen LogP contribution in [0, 0.1) is 0 Å². The lowest BCUT2D eigenvalue weighted by molar-refractivity contribution is -0.921. The van der Waals surface area contributed by atoms with E-state index in [1.54, 1.807) is 0 Å². The van der Waals surface area contributed by atoms with Gasteiger partial charge in [-0.3, -0.25) is 0 Å². The summed E-state index contributed by atoms with van der Waals surface area (Å²) in [6.07, 6.45) is 0. The molecule has 0 saturated carbocycles. The van der Waals surface area contributed by atoms with Gasteiger partial charge in [-0.1, -0.05) is 0 Å². The molecular formula is C12H33ClN2O. The van der Waals surface area contributed by atoms with E-state index in [2.05, 4.69) is 55.9 Å². The SMILES string of the molecule is CC[N+](CC)(CC)CC.C[N+](C)(C)C.[Cl-].[OH-]. The van der Waals surface area contributed by atoms with Crippen LogP contribution >= 0.6 is 0 Å². The van der Waals surface area contributed by atoms with E-state index in [1.807, 2.05) is 0 Å². The summed E-state index contributed by atoms with van der Waals surface area (Å²) >= 11 is 0. The van der Waals surface area contributed by atoms with Gasteiger partial charge in [-0.05, 0) is 27.7 Å². The van der Waals surface area contributed by atoms with Gasteiger partial charge >= 0.3 is 0 Å². The minimum absolute atomic E-state index is 0. The molecule has 0 aromatic heterocycles. The van der Waals surface area contributed by atoms with Gasteiger partial charge in [0.05, 0.1) is 54.4 Å². The van der Waals surface area contributed by atoms with Crippen molar-refractivity contribution in [2.24, 2.45) is 0 Å². The summed E-state index contributed by atoms with van der Waals surface area (Å²) in [7, 11) is 8.50. The van der Waals surface area contributed by atoms with Crippen molar-refractivity contribution in [1.82, 2.24) is 0 Å². The number of nitrogens with zero attached hydrogens (tertiary/aromatic N) is 2. The van der Waals surface area contributed by atoms with Crippen LogP contribution < -0.4 is 12.4 Å². The molecule has 0 bridgehead atoms. The van der Waals surface area contributed by atoms with Crippen molar-refractivity contribution in [3.05, 3.63) is 0 Å². The van der Waals surface area contributed by atoms with Crippen molar-refractivity contribution in [2.45, 2.75) is 27.7 Å². The summed E-state index contributed by atoms with van der Waals surface area (Å²) in [6.45, 7) is 14.2. The highest BCUT2D eigenvalue weighted by Crippen LogP contribution is 2.03. The summed E-state index contributed by atoms with van der Waals surface area (Å²) in [6, 6.07) is 0. The summed E-state index contributed by atoms with van der Waals surface area (Å²) in [4.78, 5) is 0. The molecule has 0 spiro atoms. The van der Waals surface area contributed by atoms with Crippen LogP contribution in [0.15, 0.2) is 0 Å². The Kier molecular flexibility index (Phi) is 18.3. The first kappa shape index (κ1) is 25.1. The molecule has 0 amide bonds. The monoisotopic (exact) mass is 256 g/mol. The van der Waals surface area contributed by atoms with Gasteiger partial charge in [-0.25, -0.2) is 0 Å². The Morgan fingerprint density at radius 3 is 0.750 bits per heavy atom. The second-order valence-corrected chi connectivity index (χ2v) is 5.29. The lowest BCUT2D eigenvalue weighted by Crippen LogP contribution is -3.00. The van der Waals surface area contributed by atoms with Gasteiger partial charge in [0.2, 0.25) is 0 Å². The van der Waals surface area contributed by atoms with Crippen LogP contribution in [-0.4, -0.2) is 68.8 Å². The third-order valence-corrected chi connectivity index (χ3v) is 2.68. The molecule has 0 aromatic rings. The highest BCUT2D eigenvalue weighted by molar-refractivity contribution is 4.31. The predicted molar refractivity (Wildman–Crippen MR) is 68.3 cm³/mol. The second-order valence-electron chi connectivity index (χ2n) is 5.29. The molecule has 0 unspecified atom stereocenters. The van der Waals surface area contributed by atoms with E-state index in [0.717, 1.165) is 4.48 Å². The van der Waals surface area contributed by atoms with Crippen LogP contribution in [0.2, 0.25) is 0 Å². The Bertz CT molecular complexity index is 108. The van der Waals surface area contributed by atoms with Gasteiger partial charge in [-0.2, -0.15) is 0 Å². The van der Waals surface area contributed by atoms with Crippen molar-refractivity contribution in [3.63, 3.8) is 0 Å². The molecule has 0 fully saturated rings. The normalized spacial score (nSPS) is 10.5. The summed E-state index contributed by atoms with van der Waals surface area (Å²) in [5.74, 6) is 0. The molecule has 0 atom stereocenters. The molecule has 0 aliphatic carbocycles. The van der Waals surface area contributed by atoms with Crippen molar-refractivity contribution >= 4 is 0 Å². The highest BCUT2D eigenvalue weighted by atomic mass is 35.5. The van der Waals surface area contributed by atoms with Crippen LogP contribution in [-0.2, 0) is 0 Å². The first-order valence-corrected chi connectivity index (χ1v) is 5.88. The predicted octanol–water partition coefficient (Wildman–Crippen LogP) is -0.968. The zero-order valence-corrected chi connectivity index (χ0v) is 13.3. The molecule has 4 heteroatoms. The van der Waals surface area contributed by atoms with Gasteiger partial charge in [0.15, 0.2) is 0 Å². The fraction of sp³-hybridized carbons (Fsp3) is 1.00. The molecule has 0 radical (unpaired) electrons. The molecule has 0 aliphatic rings. The molecular weight excluding hydrogens is 224 g/mol. The first-order chi connectivity index (χ1) is 6.24. The van der Waals surface area contributed by atoms with Gasteiger partial charge in [-0.15, -0.1) is 0 Å². The largest absolute Gasteiger partial charge is 1.00 e. The van der Waals surface area contributed by atoms with E-state index in [-0.39, 0.29) is 17.9 Å². The van der Waals surface area contributed by atoms with Crippen LogP contribution in [0.3, 0.4) is 0 Å². The maximum absolute atomic E-state index is 2.27. The lowest BCUT2D eigenvalue weighted by atomic mass is 10.3. The maximum atomic E-state index is 2.27. The second kappa shape index (κ2) is 11.6. The van der Waals surface area contributed by atoms with Crippen molar-refractivity contribution in [1.29, 1.82) is 0 Å². The van der Waals surface area contributed by atoms with Gasteiger partial charge in [0, 0.05) is 0 Å². The minimum Gasteiger partial charge on any atom is -1.00 e. The van der Waals surface area contributed by atoms with Crippen LogP contribution in [0.1, 0.15) is 27.7 Å². The molecule has 104 valence electrons. The third-order valence-electron chi connectivity index (χ3n) is 2.68. The Balaban J connectivity index is -0.0000000904. The lowest BCUT2D eigenvalue weighted by Gasteiger charge is -2.34. The standard InChI is InChI=1S/C8H20N.C4H12N.ClH.H2O/c1-5-9(6-2,7-3)8-4;1-5(2,3)4;;/h5-8H2,1-4H3;1-4H3;1H;1H2/q2*+1;;/p-2. The molecule has 1 N–H and O–H groups in total. The fourth-order valence-corrected chi connectivity index (χ4v) is 1.34. The van der Waals surface area contributed by atoms with E-state index in [4.69, 9.17) is 0 Å². The smallest absolute Gasteiger partial charge is 0.0757 e. The quantitative estimate of drug-likeness (QED) is 0.596. The molecule has 3 nitrogen and oxygen atoms in total. The van der Waals surface area contributed by atoms with Crippen LogP contribution in [0.5, 0.6) is 0 Å². The first-order valence-electron chi connectivity index (χ1n) is 5.88. The van der Waals surface area contributed by atoms with Crippen molar-refractivity contribution in [3.8, 4) is 0 Å². The highest BCUT2D eigenvalue weighted by Gasteiger charge is 2.16. The number of rotatable bonds is 4. The van der Waals surface area contributed by atoms with Gasteiger partial charge in [0.25, 0.3) is 0 Å². The van der Waals surface area contributed by atoms with Crippen LogP contribution in [0.25, 0.3) is 0 Å². The average Bonchev–Trinajstić information content (AvgIpc) is 2.07. The summed E-state index contributed by atoms with van der Waals surface area (Å²) in [5.41, 5.74) is 0. The number of halogens is 1. The fourth-order valence-electron chi connectivity index (χ4n) is 1.34. The van der Waals surface area contributed by atoms with Crippen molar-refractivity contribution < 1.29 is 26.8 Å². The Morgan fingerprint density at radius 1 is 0.625 bits per heavy atom. The summed E-state index contributed by atoms with van der Waals surface area (Å²) < 4.78 is 2.28. The molecule has 0 rings (SSSR count). The van der Waals surface area contributed by atoms with E-state index in [0.29, 0.717) is 0 Å². The Hall–Kier alpha value is 0.170. The molecule has 0 saturated heterocycles. The van der Waals surface area contributed by atoms with Crippen LogP contribution in [0.4, 0.5) is 0 Å². The third kappa shape index (κ3) is 16.6. The number of quaternary nitrogens is 2. The summed E-state index contributed by atoms with van der Waals surface area (Å²) in [5, 5.41) is 0.